The number of benzene rings is 1. The highest BCUT2D eigenvalue weighted by molar-refractivity contribution is 5.85. The molecule has 29 heavy (non-hydrogen) atoms. The zero-order valence-electron chi connectivity index (χ0n) is 17.3. The summed E-state index contributed by atoms with van der Waals surface area (Å²) in [5.74, 6) is 1.31. The fraction of sp³-hybridized carbons (Fsp3) is 0.667. The monoisotopic (exact) mass is 444 g/mol. The second-order valence-electron chi connectivity index (χ2n) is 8.67. The molecule has 0 radical (unpaired) electrons. The Balaban J connectivity index is 0.00000150. The maximum atomic E-state index is 12.7. The minimum Gasteiger partial charge on any atom is -0.493 e. The van der Waals surface area contributed by atoms with Crippen molar-refractivity contribution in [2.45, 2.75) is 26.3 Å². The van der Waals surface area contributed by atoms with Gasteiger partial charge in [0.2, 0.25) is 5.91 Å². The predicted molar refractivity (Wildman–Crippen MR) is 120 cm³/mol. The topological polar surface area (TPSA) is 62.0 Å². The van der Waals surface area contributed by atoms with Crippen LogP contribution in [0.1, 0.15) is 24.5 Å². The molecule has 3 aliphatic rings. The van der Waals surface area contributed by atoms with Crippen LogP contribution in [0.4, 0.5) is 0 Å². The molecule has 0 bridgehead atoms. The Morgan fingerprint density at radius 3 is 2.59 bits per heavy atom. The maximum Gasteiger partial charge on any atom is 0.236 e. The van der Waals surface area contributed by atoms with Crippen molar-refractivity contribution in [3.63, 3.8) is 0 Å². The molecule has 3 aliphatic heterocycles. The average molecular weight is 445 g/mol. The number of carbonyl (C=O) groups is 1. The van der Waals surface area contributed by atoms with Crippen molar-refractivity contribution in [3.05, 3.63) is 29.3 Å². The summed E-state index contributed by atoms with van der Waals surface area (Å²) in [4.78, 5) is 19.4. The first kappa shape index (κ1) is 24.2. The molecule has 2 saturated heterocycles. The third-order valence-corrected chi connectivity index (χ3v) is 6.37. The van der Waals surface area contributed by atoms with E-state index in [9.17, 15) is 4.79 Å². The largest absolute Gasteiger partial charge is 0.493 e. The highest BCUT2D eigenvalue weighted by Crippen LogP contribution is 2.28. The highest BCUT2D eigenvalue weighted by Gasteiger charge is 2.34. The van der Waals surface area contributed by atoms with Crippen LogP contribution >= 0.6 is 24.8 Å². The number of hydrogen-bond donors (Lipinski definition) is 1. The molecular weight excluding hydrogens is 411 g/mol. The van der Waals surface area contributed by atoms with E-state index in [0.717, 1.165) is 71.0 Å². The lowest BCUT2D eigenvalue weighted by Crippen LogP contribution is -2.50. The summed E-state index contributed by atoms with van der Waals surface area (Å²) >= 11 is 0. The highest BCUT2D eigenvalue weighted by atomic mass is 35.5. The van der Waals surface area contributed by atoms with Gasteiger partial charge in [-0.15, -0.1) is 24.8 Å². The summed E-state index contributed by atoms with van der Waals surface area (Å²) < 4.78 is 5.59. The third kappa shape index (κ3) is 5.76. The molecule has 1 aromatic carbocycles. The van der Waals surface area contributed by atoms with E-state index in [-0.39, 0.29) is 36.1 Å². The Labute approximate surface area is 186 Å². The Morgan fingerprint density at radius 1 is 1.14 bits per heavy atom. The lowest BCUT2D eigenvalue weighted by Gasteiger charge is -2.35. The van der Waals surface area contributed by atoms with E-state index in [0.29, 0.717) is 13.1 Å². The van der Waals surface area contributed by atoms with Crippen molar-refractivity contribution in [2.75, 3.05) is 59.0 Å². The molecule has 1 amide bonds. The van der Waals surface area contributed by atoms with Gasteiger partial charge in [0.25, 0.3) is 0 Å². The first-order valence-electron chi connectivity index (χ1n) is 10.2. The summed E-state index contributed by atoms with van der Waals surface area (Å²) in [5, 5.41) is 0. The van der Waals surface area contributed by atoms with E-state index in [1.54, 1.807) is 0 Å². The second kappa shape index (κ2) is 10.3. The number of rotatable bonds is 5. The van der Waals surface area contributed by atoms with E-state index < -0.39 is 0 Å². The van der Waals surface area contributed by atoms with E-state index in [4.69, 9.17) is 10.5 Å². The number of carbonyl (C=O) groups excluding carboxylic acids is 1. The zero-order valence-corrected chi connectivity index (χ0v) is 18.9. The first-order valence-corrected chi connectivity index (χ1v) is 10.2. The molecule has 1 aromatic rings. The SMILES string of the molecule is CC1(CN)CCN(CC(=O)N2CCN(Cc3ccc4c(c3)CCO4)CC2)C1.Cl.Cl. The fourth-order valence-corrected chi connectivity index (χ4v) is 4.47. The molecule has 0 saturated carbocycles. The van der Waals surface area contributed by atoms with Crippen LogP contribution in [-0.2, 0) is 17.8 Å². The molecule has 6 nitrogen and oxygen atoms in total. The van der Waals surface area contributed by atoms with Crippen molar-refractivity contribution in [3.8, 4) is 5.75 Å². The van der Waals surface area contributed by atoms with E-state index in [2.05, 4.69) is 34.9 Å². The second-order valence-corrected chi connectivity index (χ2v) is 8.67. The number of hydrogen-bond acceptors (Lipinski definition) is 5. The fourth-order valence-electron chi connectivity index (χ4n) is 4.47. The van der Waals surface area contributed by atoms with E-state index in [1.165, 1.54) is 11.1 Å². The van der Waals surface area contributed by atoms with Crippen molar-refractivity contribution in [1.82, 2.24) is 14.7 Å². The zero-order chi connectivity index (χ0) is 18.9. The number of likely N-dealkylation sites (tertiary alicyclic amines) is 1. The molecule has 1 atom stereocenters. The first-order chi connectivity index (χ1) is 13.0. The molecule has 3 heterocycles. The summed E-state index contributed by atoms with van der Waals surface area (Å²) in [5.41, 5.74) is 8.73. The lowest BCUT2D eigenvalue weighted by atomic mass is 9.90. The maximum absolute atomic E-state index is 12.7. The van der Waals surface area contributed by atoms with E-state index in [1.807, 2.05) is 4.90 Å². The van der Waals surface area contributed by atoms with Crippen LogP contribution in [0, 0.1) is 5.41 Å². The number of amides is 1. The number of halogens is 2. The van der Waals surface area contributed by atoms with Gasteiger partial charge >= 0.3 is 0 Å². The Hall–Kier alpha value is -1.05. The molecule has 4 rings (SSSR count). The van der Waals surface area contributed by atoms with Crippen molar-refractivity contribution < 1.29 is 9.53 Å². The average Bonchev–Trinajstić information content (AvgIpc) is 3.29. The van der Waals surface area contributed by atoms with Crippen LogP contribution in [0.2, 0.25) is 0 Å². The molecular formula is C21H34Cl2N4O2. The summed E-state index contributed by atoms with van der Waals surface area (Å²) in [6.07, 6.45) is 2.11. The Bertz CT molecular complexity index is 697. The number of nitrogens with two attached hydrogens (primary N) is 1. The van der Waals surface area contributed by atoms with Crippen LogP contribution < -0.4 is 10.5 Å². The summed E-state index contributed by atoms with van der Waals surface area (Å²) in [7, 11) is 0. The molecule has 0 aromatic heterocycles. The number of nitrogens with zero attached hydrogens (tertiary/aromatic N) is 3. The van der Waals surface area contributed by atoms with Crippen LogP contribution in [-0.4, -0.2) is 79.6 Å². The van der Waals surface area contributed by atoms with Crippen molar-refractivity contribution >= 4 is 30.7 Å². The van der Waals surface area contributed by atoms with Gasteiger partial charge in [0, 0.05) is 45.7 Å². The Morgan fingerprint density at radius 2 is 1.90 bits per heavy atom. The number of fused-ring (bicyclic) bond motifs is 1. The van der Waals surface area contributed by atoms with Crippen molar-refractivity contribution in [1.29, 1.82) is 0 Å². The normalized spacial score (nSPS) is 24.4. The lowest BCUT2D eigenvalue weighted by molar-refractivity contribution is -0.134. The Kier molecular flexibility index (Phi) is 8.61. The van der Waals surface area contributed by atoms with Gasteiger partial charge in [-0.25, -0.2) is 0 Å². The molecule has 1 unspecified atom stereocenters. The predicted octanol–water partition coefficient (Wildman–Crippen LogP) is 1.78. The molecule has 0 spiro atoms. The van der Waals surface area contributed by atoms with Crippen LogP contribution in [0.3, 0.4) is 0 Å². The third-order valence-electron chi connectivity index (χ3n) is 6.37. The number of piperazine rings is 1. The van der Waals surface area contributed by atoms with E-state index >= 15 is 0 Å². The minimum atomic E-state index is 0. The summed E-state index contributed by atoms with van der Waals surface area (Å²) in [6, 6.07) is 6.55. The minimum absolute atomic E-state index is 0. The van der Waals surface area contributed by atoms with Gasteiger partial charge in [0.05, 0.1) is 13.2 Å². The molecule has 164 valence electrons. The van der Waals surface area contributed by atoms with Gasteiger partial charge < -0.3 is 15.4 Å². The van der Waals surface area contributed by atoms with Crippen LogP contribution in [0.25, 0.3) is 0 Å². The van der Waals surface area contributed by atoms with Gasteiger partial charge in [-0.1, -0.05) is 19.1 Å². The molecule has 0 aliphatic carbocycles. The molecule has 2 fully saturated rings. The van der Waals surface area contributed by atoms with Crippen LogP contribution in [0.5, 0.6) is 5.75 Å². The van der Waals surface area contributed by atoms with Gasteiger partial charge in [-0.05, 0) is 42.1 Å². The van der Waals surface area contributed by atoms with Gasteiger partial charge in [0.1, 0.15) is 5.75 Å². The molecule has 2 N–H and O–H groups in total. The standard InChI is InChI=1S/C21H32N4O2.2ClH/c1-21(15-22)5-6-24(16-21)14-20(26)25-9-7-23(8-10-25)13-17-2-3-19-18(12-17)4-11-27-19;;/h2-3,12H,4-11,13-16,22H2,1H3;2*1H. The quantitative estimate of drug-likeness (QED) is 0.749. The van der Waals surface area contributed by atoms with Gasteiger partial charge in [-0.2, -0.15) is 0 Å². The molecule has 8 heteroatoms. The van der Waals surface area contributed by atoms with Crippen molar-refractivity contribution in [2.24, 2.45) is 11.1 Å². The summed E-state index contributed by atoms with van der Waals surface area (Å²) in [6.45, 7) is 10.7. The van der Waals surface area contributed by atoms with Gasteiger partial charge in [0.15, 0.2) is 0 Å². The number of ether oxygens (including phenoxy) is 1. The van der Waals surface area contributed by atoms with Gasteiger partial charge in [-0.3, -0.25) is 14.6 Å². The smallest absolute Gasteiger partial charge is 0.236 e. The van der Waals surface area contributed by atoms with Crippen LogP contribution in [0.15, 0.2) is 18.2 Å².